The van der Waals surface area contributed by atoms with E-state index in [4.69, 9.17) is 14.3 Å². The van der Waals surface area contributed by atoms with Gasteiger partial charge in [-0.2, -0.15) is 4.98 Å². The SMILES string of the molecule is CCNC(=NCCc1nc(C)no1)N1CCC(Oc2ccccc2)CC1. The van der Waals surface area contributed by atoms with Gasteiger partial charge in [0, 0.05) is 38.9 Å². The molecule has 1 aliphatic heterocycles. The maximum absolute atomic E-state index is 6.07. The van der Waals surface area contributed by atoms with Gasteiger partial charge in [-0.05, 0) is 26.0 Å². The molecule has 1 saturated heterocycles. The molecule has 1 aromatic carbocycles. The first-order valence-corrected chi connectivity index (χ1v) is 9.28. The van der Waals surface area contributed by atoms with Gasteiger partial charge in [-0.3, -0.25) is 4.99 Å². The quantitative estimate of drug-likeness (QED) is 0.632. The first-order chi connectivity index (χ1) is 12.7. The van der Waals surface area contributed by atoms with Crippen LogP contribution in [0.3, 0.4) is 0 Å². The molecular weight excluding hydrogens is 330 g/mol. The molecule has 0 aliphatic carbocycles. The van der Waals surface area contributed by atoms with Crippen LogP contribution in [0.15, 0.2) is 39.8 Å². The van der Waals surface area contributed by atoms with Crippen LogP contribution in [0.1, 0.15) is 31.5 Å². The molecule has 0 amide bonds. The number of benzene rings is 1. The Bertz CT molecular complexity index is 693. The lowest BCUT2D eigenvalue weighted by atomic mass is 10.1. The topological polar surface area (TPSA) is 75.8 Å². The van der Waals surface area contributed by atoms with E-state index in [-0.39, 0.29) is 6.10 Å². The van der Waals surface area contributed by atoms with E-state index >= 15 is 0 Å². The molecular formula is C19H27N5O2. The Hall–Kier alpha value is -2.57. The number of nitrogens with zero attached hydrogens (tertiary/aromatic N) is 4. The fraction of sp³-hybridized carbons (Fsp3) is 0.526. The van der Waals surface area contributed by atoms with Crippen LogP contribution in [-0.4, -0.2) is 53.3 Å². The highest BCUT2D eigenvalue weighted by molar-refractivity contribution is 5.80. The third kappa shape index (κ3) is 5.21. The number of aromatic nitrogens is 2. The number of hydrogen-bond acceptors (Lipinski definition) is 5. The van der Waals surface area contributed by atoms with Gasteiger partial charge in [-0.25, -0.2) is 0 Å². The molecule has 7 nitrogen and oxygen atoms in total. The highest BCUT2D eigenvalue weighted by atomic mass is 16.5. The summed E-state index contributed by atoms with van der Waals surface area (Å²) < 4.78 is 11.2. The van der Waals surface area contributed by atoms with Gasteiger partial charge in [0.1, 0.15) is 11.9 Å². The summed E-state index contributed by atoms with van der Waals surface area (Å²) in [6, 6.07) is 10.0. The summed E-state index contributed by atoms with van der Waals surface area (Å²) in [6.07, 6.45) is 2.89. The molecule has 7 heteroatoms. The third-order valence-electron chi connectivity index (χ3n) is 4.28. The van der Waals surface area contributed by atoms with Gasteiger partial charge in [0.25, 0.3) is 0 Å². The lowest BCUT2D eigenvalue weighted by molar-refractivity contribution is 0.129. The Balaban J connectivity index is 1.50. The van der Waals surface area contributed by atoms with Crippen molar-refractivity contribution in [1.82, 2.24) is 20.4 Å². The van der Waals surface area contributed by atoms with Crippen molar-refractivity contribution in [3.8, 4) is 5.75 Å². The van der Waals surface area contributed by atoms with E-state index < -0.39 is 0 Å². The van der Waals surface area contributed by atoms with Crippen LogP contribution in [0.5, 0.6) is 5.75 Å². The van der Waals surface area contributed by atoms with E-state index in [2.05, 4.69) is 27.3 Å². The molecule has 2 heterocycles. The summed E-state index contributed by atoms with van der Waals surface area (Å²) in [6.45, 7) is 7.25. The molecule has 0 unspecified atom stereocenters. The molecule has 1 N–H and O–H groups in total. The van der Waals surface area contributed by atoms with Crippen molar-refractivity contribution in [3.05, 3.63) is 42.0 Å². The van der Waals surface area contributed by atoms with Crippen LogP contribution < -0.4 is 10.1 Å². The molecule has 0 bridgehead atoms. The zero-order valence-corrected chi connectivity index (χ0v) is 15.5. The van der Waals surface area contributed by atoms with Crippen molar-refractivity contribution in [2.45, 2.75) is 39.2 Å². The second-order valence-corrected chi connectivity index (χ2v) is 6.34. The first kappa shape index (κ1) is 18.2. The van der Waals surface area contributed by atoms with Crippen molar-refractivity contribution in [3.63, 3.8) is 0 Å². The maximum atomic E-state index is 6.07. The van der Waals surface area contributed by atoms with Crippen molar-refractivity contribution in [2.24, 2.45) is 4.99 Å². The van der Waals surface area contributed by atoms with E-state index in [1.54, 1.807) is 0 Å². The average Bonchev–Trinajstić information content (AvgIpc) is 3.08. The number of rotatable bonds is 6. The van der Waals surface area contributed by atoms with Gasteiger partial charge in [0.05, 0.1) is 6.54 Å². The largest absolute Gasteiger partial charge is 0.490 e. The predicted molar refractivity (Wildman–Crippen MR) is 100 cm³/mol. The molecule has 1 aliphatic rings. The van der Waals surface area contributed by atoms with Gasteiger partial charge in [-0.15, -0.1) is 0 Å². The summed E-state index contributed by atoms with van der Waals surface area (Å²) in [5.74, 6) is 3.19. The molecule has 1 aromatic heterocycles. The molecule has 1 fully saturated rings. The fourth-order valence-electron chi connectivity index (χ4n) is 3.00. The number of guanidine groups is 1. The highest BCUT2D eigenvalue weighted by Crippen LogP contribution is 2.18. The summed E-state index contributed by atoms with van der Waals surface area (Å²) >= 11 is 0. The molecule has 0 radical (unpaired) electrons. The van der Waals surface area contributed by atoms with E-state index in [1.165, 1.54) is 0 Å². The van der Waals surface area contributed by atoms with Crippen LogP contribution in [0.4, 0.5) is 0 Å². The molecule has 0 spiro atoms. The molecule has 2 aromatic rings. The van der Waals surface area contributed by atoms with Crippen LogP contribution in [0.2, 0.25) is 0 Å². The second kappa shape index (κ2) is 9.22. The molecule has 3 rings (SSSR count). The predicted octanol–water partition coefficient (Wildman–Crippen LogP) is 2.43. The number of likely N-dealkylation sites (tertiary alicyclic amines) is 1. The Kier molecular flexibility index (Phi) is 6.46. The standard InChI is InChI=1S/C19H27N5O2/c1-3-20-19(21-12-9-18-22-15(2)23-26-18)24-13-10-17(11-14-24)25-16-7-5-4-6-8-16/h4-8,17H,3,9-14H2,1-2H3,(H,20,21). The number of aryl methyl sites for hydroxylation is 1. The monoisotopic (exact) mass is 357 g/mol. The Labute approximate surface area is 154 Å². The second-order valence-electron chi connectivity index (χ2n) is 6.34. The number of nitrogens with one attached hydrogen (secondary N) is 1. The van der Waals surface area contributed by atoms with E-state index in [9.17, 15) is 0 Å². The zero-order valence-electron chi connectivity index (χ0n) is 15.5. The van der Waals surface area contributed by atoms with Crippen LogP contribution in [0.25, 0.3) is 0 Å². The summed E-state index contributed by atoms with van der Waals surface area (Å²) in [5, 5.41) is 7.19. The number of para-hydroxylation sites is 1. The van der Waals surface area contributed by atoms with Crippen molar-refractivity contribution < 1.29 is 9.26 Å². The normalized spacial score (nSPS) is 15.9. The van der Waals surface area contributed by atoms with Crippen LogP contribution >= 0.6 is 0 Å². The van der Waals surface area contributed by atoms with Crippen molar-refractivity contribution in [2.75, 3.05) is 26.2 Å². The summed E-state index contributed by atoms with van der Waals surface area (Å²) in [5.41, 5.74) is 0. The van der Waals surface area contributed by atoms with E-state index in [0.29, 0.717) is 24.7 Å². The van der Waals surface area contributed by atoms with Gasteiger partial charge in [0.15, 0.2) is 11.8 Å². The van der Waals surface area contributed by atoms with Crippen molar-refractivity contribution in [1.29, 1.82) is 0 Å². The molecule has 0 atom stereocenters. The minimum absolute atomic E-state index is 0.262. The third-order valence-corrected chi connectivity index (χ3v) is 4.28. The van der Waals surface area contributed by atoms with Gasteiger partial charge in [-0.1, -0.05) is 23.4 Å². The average molecular weight is 357 g/mol. The number of aliphatic imine (C=N–C) groups is 1. The fourth-order valence-corrected chi connectivity index (χ4v) is 3.00. The minimum atomic E-state index is 0.262. The first-order valence-electron chi connectivity index (χ1n) is 9.28. The van der Waals surface area contributed by atoms with Gasteiger partial charge < -0.3 is 19.5 Å². The molecule has 26 heavy (non-hydrogen) atoms. The van der Waals surface area contributed by atoms with Crippen LogP contribution in [-0.2, 0) is 6.42 Å². The Morgan fingerprint density at radius 1 is 1.31 bits per heavy atom. The zero-order chi connectivity index (χ0) is 18.2. The summed E-state index contributed by atoms with van der Waals surface area (Å²) in [7, 11) is 0. The van der Waals surface area contributed by atoms with E-state index in [0.717, 1.165) is 44.2 Å². The highest BCUT2D eigenvalue weighted by Gasteiger charge is 2.22. The Morgan fingerprint density at radius 3 is 2.73 bits per heavy atom. The number of piperidine rings is 1. The Morgan fingerprint density at radius 2 is 2.08 bits per heavy atom. The summed E-state index contributed by atoms with van der Waals surface area (Å²) in [4.78, 5) is 11.2. The number of ether oxygens (including phenoxy) is 1. The van der Waals surface area contributed by atoms with Crippen molar-refractivity contribution >= 4 is 5.96 Å². The maximum Gasteiger partial charge on any atom is 0.228 e. The molecule has 0 saturated carbocycles. The molecule has 140 valence electrons. The lowest BCUT2D eigenvalue weighted by Gasteiger charge is -2.34. The lowest BCUT2D eigenvalue weighted by Crippen LogP contribution is -2.47. The van der Waals surface area contributed by atoms with Gasteiger partial charge >= 0.3 is 0 Å². The minimum Gasteiger partial charge on any atom is -0.490 e. The van der Waals surface area contributed by atoms with Gasteiger partial charge in [0.2, 0.25) is 5.89 Å². The smallest absolute Gasteiger partial charge is 0.228 e. The number of hydrogen-bond donors (Lipinski definition) is 1. The van der Waals surface area contributed by atoms with Crippen LogP contribution in [0, 0.1) is 6.92 Å². The van der Waals surface area contributed by atoms with E-state index in [1.807, 2.05) is 37.3 Å².